The molecule has 2 aromatic rings. The maximum Gasteiger partial charge on any atom is 0.147 e. The van der Waals surface area contributed by atoms with Gasteiger partial charge in [0, 0.05) is 25.3 Å². The molecule has 0 radical (unpaired) electrons. The second-order valence-corrected chi connectivity index (χ2v) is 6.75. The highest BCUT2D eigenvalue weighted by molar-refractivity contribution is 5.35. The van der Waals surface area contributed by atoms with E-state index in [2.05, 4.69) is 43.0 Å². The van der Waals surface area contributed by atoms with Crippen molar-refractivity contribution in [1.82, 2.24) is 24.6 Å². The summed E-state index contributed by atoms with van der Waals surface area (Å²) in [5.41, 5.74) is 1.05. The lowest BCUT2D eigenvalue weighted by atomic mass is 10.1. The Bertz CT molecular complexity index is 665. The lowest BCUT2D eigenvalue weighted by molar-refractivity contribution is 0.304. The Hall–Kier alpha value is -1.95. The van der Waals surface area contributed by atoms with Crippen molar-refractivity contribution >= 4 is 5.82 Å². The number of likely N-dealkylation sites (tertiary alicyclic amines) is 1. The summed E-state index contributed by atoms with van der Waals surface area (Å²) in [4.78, 5) is 7.00. The first-order valence-corrected chi connectivity index (χ1v) is 8.94. The molecule has 0 aliphatic carbocycles. The average Bonchev–Trinajstić information content (AvgIpc) is 3.15. The van der Waals surface area contributed by atoms with E-state index < -0.39 is 0 Å². The van der Waals surface area contributed by atoms with E-state index in [9.17, 15) is 0 Å². The highest BCUT2D eigenvalue weighted by atomic mass is 15.3. The van der Waals surface area contributed by atoms with Crippen molar-refractivity contribution in [1.29, 1.82) is 0 Å². The summed E-state index contributed by atoms with van der Waals surface area (Å²) in [6, 6.07) is 6.11. The first kappa shape index (κ1) is 16.9. The van der Waals surface area contributed by atoms with Crippen LogP contribution in [0.1, 0.15) is 37.1 Å². The Morgan fingerprint density at radius 1 is 1.25 bits per heavy atom. The van der Waals surface area contributed by atoms with Gasteiger partial charge in [0.05, 0.1) is 6.54 Å². The molecule has 3 rings (SSSR count). The fraction of sp³-hybridized carbons (Fsp3) is 0.611. The molecule has 0 spiro atoms. The molecule has 6 heteroatoms. The molecule has 130 valence electrons. The molecular weight excluding hydrogens is 300 g/mol. The summed E-state index contributed by atoms with van der Waals surface area (Å²) in [6.07, 6.45) is 2.33. The average molecular weight is 328 g/mol. The minimum absolute atomic E-state index is 0.663. The third-order valence-electron chi connectivity index (χ3n) is 4.65. The Morgan fingerprint density at radius 3 is 2.92 bits per heavy atom. The van der Waals surface area contributed by atoms with E-state index in [1.54, 1.807) is 0 Å². The molecule has 0 bridgehead atoms. The largest absolute Gasteiger partial charge is 0.370 e. The fourth-order valence-corrected chi connectivity index (χ4v) is 3.37. The second-order valence-electron chi connectivity index (χ2n) is 6.75. The van der Waals surface area contributed by atoms with Gasteiger partial charge in [-0.3, -0.25) is 4.90 Å². The molecule has 1 saturated heterocycles. The number of anilines is 1. The highest BCUT2D eigenvalue weighted by Gasteiger charge is 2.24. The summed E-state index contributed by atoms with van der Waals surface area (Å²) in [7, 11) is 0. The summed E-state index contributed by atoms with van der Waals surface area (Å²) >= 11 is 0. The smallest absolute Gasteiger partial charge is 0.147 e. The van der Waals surface area contributed by atoms with Crippen molar-refractivity contribution < 1.29 is 0 Å². The number of rotatable bonds is 7. The van der Waals surface area contributed by atoms with Crippen LogP contribution in [0.5, 0.6) is 0 Å². The van der Waals surface area contributed by atoms with Gasteiger partial charge in [0.15, 0.2) is 0 Å². The molecule has 1 aliphatic heterocycles. The van der Waals surface area contributed by atoms with Gasteiger partial charge in [-0.1, -0.05) is 13.0 Å². The van der Waals surface area contributed by atoms with Gasteiger partial charge < -0.3 is 9.88 Å². The van der Waals surface area contributed by atoms with E-state index in [0.29, 0.717) is 5.92 Å². The van der Waals surface area contributed by atoms with Gasteiger partial charge in [0.1, 0.15) is 17.5 Å². The predicted molar refractivity (Wildman–Crippen MR) is 95.9 cm³/mol. The number of nitrogens with zero attached hydrogens (tertiary/aromatic N) is 5. The molecule has 2 aromatic heterocycles. The predicted octanol–water partition coefficient (Wildman–Crippen LogP) is 2.63. The summed E-state index contributed by atoms with van der Waals surface area (Å²) in [5.74, 6) is 3.76. The van der Waals surface area contributed by atoms with Crippen LogP contribution in [0, 0.1) is 19.8 Å². The fourth-order valence-electron chi connectivity index (χ4n) is 3.37. The molecule has 1 atom stereocenters. The number of aromatic nitrogens is 4. The van der Waals surface area contributed by atoms with Crippen LogP contribution in [0.3, 0.4) is 0 Å². The molecule has 0 aromatic carbocycles. The lowest BCUT2D eigenvalue weighted by Gasteiger charge is -2.17. The Labute approximate surface area is 144 Å². The third-order valence-corrected chi connectivity index (χ3v) is 4.65. The van der Waals surface area contributed by atoms with Gasteiger partial charge in [-0.2, -0.15) is 0 Å². The van der Waals surface area contributed by atoms with Crippen LogP contribution in [-0.2, 0) is 13.1 Å². The molecule has 1 fully saturated rings. The van der Waals surface area contributed by atoms with Crippen molar-refractivity contribution in [2.75, 3.05) is 25.0 Å². The van der Waals surface area contributed by atoms with Crippen molar-refractivity contribution in [3.63, 3.8) is 0 Å². The Morgan fingerprint density at radius 2 is 2.12 bits per heavy atom. The number of nitrogens with one attached hydrogen (secondary N) is 1. The quantitative estimate of drug-likeness (QED) is 0.847. The minimum Gasteiger partial charge on any atom is -0.370 e. The molecule has 3 heterocycles. The van der Waals surface area contributed by atoms with E-state index in [0.717, 1.165) is 62.3 Å². The molecule has 1 aliphatic rings. The van der Waals surface area contributed by atoms with Gasteiger partial charge in [0.2, 0.25) is 0 Å². The molecule has 24 heavy (non-hydrogen) atoms. The van der Waals surface area contributed by atoms with Crippen LogP contribution in [-0.4, -0.2) is 44.3 Å². The van der Waals surface area contributed by atoms with E-state index in [1.165, 1.54) is 6.42 Å². The Kier molecular flexibility index (Phi) is 5.45. The van der Waals surface area contributed by atoms with E-state index in [4.69, 9.17) is 0 Å². The van der Waals surface area contributed by atoms with Crippen LogP contribution < -0.4 is 5.32 Å². The number of pyridine rings is 1. The van der Waals surface area contributed by atoms with Gasteiger partial charge in [-0.05, 0) is 51.3 Å². The van der Waals surface area contributed by atoms with E-state index in [1.807, 2.05) is 26.0 Å². The minimum atomic E-state index is 0.663. The SMILES string of the molecule is CCCn1c(C)nnc1CN1CCC(CNc2cccc(C)n2)C1. The highest BCUT2D eigenvalue weighted by Crippen LogP contribution is 2.19. The van der Waals surface area contributed by atoms with Gasteiger partial charge in [-0.25, -0.2) is 4.98 Å². The maximum absolute atomic E-state index is 4.51. The Balaban J connectivity index is 1.50. The topological polar surface area (TPSA) is 58.9 Å². The number of hydrogen-bond acceptors (Lipinski definition) is 5. The third kappa shape index (κ3) is 4.12. The van der Waals surface area contributed by atoms with Gasteiger partial charge >= 0.3 is 0 Å². The first-order chi connectivity index (χ1) is 11.7. The summed E-state index contributed by atoms with van der Waals surface area (Å²) in [5, 5.41) is 12.1. The number of hydrogen-bond donors (Lipinski definition) is 1. The van der Waals surface area contributed by atoms with Crippen LogP contribution in [0.25, 0.3) is 0 Å². The molecule has 1 unspecified atom stereocenters. The molecule has 0 saturated carbocycles. The van der Waals surface area contributed by atoms with Crippen LogP contribution in [0.15, 0.2) is 18.2 Å². The van der Waals surface area contributed by atoms with Gasteiger partial charge in [-0.15, -0.1) is 10.2 Å². The zero-order valence-corrected chi connectivity index (χ0v) is 15.0. The van der Waals surface area contributed by atoms with Crippen molar-refractivity contribution in [3.05, 3.63) is 35.5 Å². The van der Waals surface area contributed by atoms with E-state index >= 15 is 0 Å². The lowest BCUT2D eigenvalue weighted by Crippen LogP contribution is -2.24. The van der Waals surface area contributed by atoms with Gasteiger partial charge in [0.25, 0.3) is 0 Å². The van der Waals surface area contributed by atoms with E-state index in [-0.39, 0.29) is 0 Å². The van der Waals surface area contributed by atoms with Crippen molar-refractivity contribution in [2.24, 2.45) is 5.92 Å². The molecular formula is C18H28N6. The van der Waals surface area contributed by atoms with Crippen LogP contribution >= 0.6 is 0 Å². The monoisotopic (exact) mass is 328 g/mol. The number of aryl methyl sites for hydroxylation is 2. The first-order valence-electron chi connectivity index (χ1n) is 8.94. The zero-order valence-electron chi connectivity index (χ0n) is 15.0. The molecule has 1 N–H and O–H groups in total. The van der Waals surface area contributed by atoms with Crippen molar-refractivity contribution in [3.8, 4) is 0 Å². The van der Waals surface area contributed by atoms with Crippen molar-refractivity contribution in [2.45, 2.75) is 46.7 Å². The summed E-state index contributed by atoms with van der Waals surface area (Å²) < 4.78 is 2.25. The van der Waals surface area contributed by atoms with Crippen LogP contribution in [0.2, 0.25) is 0 Å². The molecule has 0 amide bonds. The second kappa shape index (κ2) is 7.75. The zero-order chi connectivity index (χ0) is 16.9. The standard InChI is InChI=1S/C18H28N6/c1-4-9-24-15(3)21-22-18(24)13-23-10-8-16(12-23)11-19-17-7-5-6-14(2)20-17/h5-7,16H,4,8-13H2,1-3H3,(H,19,20). The summed E-state index contributed by atoms with van der Waals surface area (Å²) in [6.45, 7) is 11.4. The normalized spacial score (nSPS) is 18.2. The van der Waals surface area contributed by atoms with Crippen LogP contribution in [0.4, 0.5) is 5.82 Å². The maximum atomic E-state index is 4.51. The molecule has 6 nitrogen and oxygen atoms in total.